The second-order valence-electron chi connectivity index (χ2n) is 32.0. The van der Waals surface area contributed by atoms with E-state index < -0.39 is 0 Å². The molecule has 24 rings (SSSR count). The molecule has 22 aromatic carbocycles. The van der Waals surface area contributed by atoms with Crippen LogP contribution in [0.15, 0.2) is 470 Å². The maximum atomic E-state index is 6.88. The number of furan rings is 2. The molecule has 0 saturated carbocycles. The van der Waals surface area contributed by atoms with Crippen molar-refractivity contribution in [1.82, 2.24) is 0 Å². The summed E-state index contributed by atoms with van der Waals surface area (Å²) in [4.78, 5) is 0. The van der Waals surface area contributed by atoms with E-state index in [1.54, 1.807) is 0 Å². The highest BCUT2D eigenvalue weighted by atomic mass is 16.3. The van der Waals surface area contributed by atoms with E-state index in [1.165, 1.54) is 148 Å². The van der Waals surface area contributed by atoms with Gasteiger partial charge in [-0.05, 0) is 248 Å². The van der Waals surface area contributed by atoms with Gasteiger partial charge in [0.05, 0.1) is 0 Å². The van der Waals surface area contributed by atoms with Crippen LogP contribution in [0.25, 0.3) is 242 Å². The Hall–Kier alpha value is -16.0. The van der Waals surface area contributed by atoms with Gasteiger partial charge in [-0.15, -0.1) is 0 Å². The second-order valence-corrected chi connectivity index (χ2v) is 32.0. The van der Waals surface area contributed by atoms with Crippen molar-refractivity contribution < 1.29 is 8.83 Å². The monoisotopic (exact) mass is 1550 g/mol. The second kappa shape index (κ2) is 30.2. The summed E-state index contributed by atoms with van der Waals surface area (Å²) in [6.45, 7) is 0. The highest BCUT2D eigenvalue weighted by Crippen LogP contribution is 2.48. The predicted molar refractivity (Wildman–Crippen MR) is 518 cm³/mol. The molecule has 0 bridgehead atoms. The van der Waals surface area contributed by atoms with E-state index in [4.69, 9.17) is 8.83 Å². The minimum absolute atomic E-state index is 0.875. The van der Waals surface area contributed by atoms with Crippen LogP contribution in [0.1, 0.15) is 0 Å². The first-order valence-corrected chi connectivity index (χ1v) is 42.0. The average molecular weight is 1550 g/mol. The molecule has 0 aliphatic heterocycles. The summed E-state index contributed by atoms with van der Waals surface area (Å²) in [6.07, 6.45) is 0. The van der Waals surface area contributed by atoms with Crippen molar-refractivity contribution in [3.63, 3.8) is 0 Å². The van der Waals surface area contributed by atoms with Gasteiger partial charge in [0.1, 0.15) is 22.3 Å². The highest BCUT2D eigenvalue weighted by molar-refractivity contribution is 6.18. The average Bonchev–Trinajstić information content (AvgIpc) is 1.27. The van der Waals surface area contributed by atoms with E-state index in [1.807, 2.05) is 0 Å². The third kappa shape index (κ3) is 12.8. The van der Waals surface area contributed by atoms with E-state index >= 15 is 0 Å². The van der Waals surface area contributed by atoms with Crippen molar-refractivity contribution in [1.29, 1.82) is 0 Å². The van der Waals surface area contributed by atoms with Gasteiger partial charge in [-0.3, -0.25) is 0 Å². The Morgan fingerprint density at radius 3 is 0.828 bits per heavy atom. The van der Waals surface area contributed by atoms with E-state index in [-0.39, 0.29) is 0 Å². The molecule has 0 fully saturated rings. The van der Waals surface area contributed by atoms with Gasteiger partial charge >= 0.3 is 0 Å². The smallest absolute Gasteiger partial charge is 0.143 e. The molecule has 0 saturated heterocycles. The highest BCUT2D eigenvalue weighted by Gasteiger charge is 2.23. The Morgan fingerprint density at radius 1 is 0.107 bits per heavy atom. The molecule has 0 unspecified atom stereocenters. The number of fused-ring (bicyclic) bond motifs is 14. The molecule has 24 aromatic rings. The first kappa shape index (κ1) is 71.3. The van der Waals surface area contributed by atoms with Crippen molar-refractivity contribution in [3.05, 3.63) is 461 Å². The summed E-state index contributed by atoms with van der Waals surface area (Å²) < 4.78 is 13.7. The fourth-order valence-electron chi connectivity index (χ4n) is 18.9. The van der Waals surface area contributed by atoms with Gasteiger partial charge in [0.15, 0.2) is 0 Å². The van der Waals surface area contributed by atoms with Crippen molar-refractivity contribution >= 4 is 109 Å². The summed E-state index contributed by atoms with van der Waals surface area (Å²) in [5.74, 6) is 0. The Bertz CT molecular complexity index is 8180. The van der Waals surface area contributed by atoms with E-state index in [9.17, 15) is 0 Å². The van der Waals surface area contributed by atoms with Crippen LogP contribution in [-0.4, -0.2) is 0 Å². The molecule has 0 amide bonds. The maximum absolute atomic E-state index is 6.88. The minimum Gasteiger partial charge on any atom is -0.455 e. The molecule has 122 heavy (non-hydrogen) atoms. The predicted octanol–water partition coefficient (Wildman–Crippen LogP) is 34.1. The third-order valence-electron chi connectivity index (χ3n) is 25.0. The fraction of sp³-hybridized carbons (Fsp3) is 0. The van der Waals surface area contributed by atoms with Crippen LogP contribution in [-0.2, 0) is 0 Å². The van der Waals surface area contributed by atoms with Gasteiger partial charge in [0.25, 0.3) is 0 Å². The molecule has 0 aliphatic rings. The summed E-state index contributed by atoms with van der Waals surface area (Å²) in [7, 11) is 0. The van der Waals surface area contributed by atoms with Gasteiger partial charge in [-0.2, -0.15) is 0 Å². The SMILES string of the molecule is c1ccc(-c2ccccc2-c2ccc3oc4c(-c5ccc(-c6cc7ccccc7c7ccccc67)cc5)cc(-c5ccccc5-c5ccccc5)cc4c3c2)cc1.c1ccc2c(-c3ccc(-c4ccc5oc6c(-c7ccc(-c8cc9ccccc9c9ccccc89)cc7)cc(-c7ccc(-c8cccc9ccccc89)cc7)cc6c5c4)cc3)cccc2c1. The molecule has 0 radical (unpaired) electrons. The Kier molecular flexibility index (Phi) is 17.6. The van der Waals surface area contributed by atoms with E-state index in [0.717, 1.165) is 93.9 Å². The molecule has 2 nitrogen and oxygen atoms in total. The molecular weight excluding hydrogens is 1470 g/mol. The quantitative estimate of drug-likeness (QED) is 0.114. The number of benzene rings is 22. The van der Waals surface area contributed by atoms with Crippen molar-refractivity contribution in [3.8, 4) is 134 Å². The third-order valence-corrected chi connectivity index (χ3v) is 25.0. The largest absolute Gasteiger partial charge is 0.455 e. The molecule has 2 heterocycles. The normalized spacial score (nSPS) is 11.6. The zero-order valence-electron chi connectivity index (χ0n) is 66.7. The van der Waals surface area contributed by atoms with Gasteiger partial charge in [0, 0.05) is 32.7 Å². The lowest BCUT2D eigenvalue weighted by atomic mass is 9.89. The molecule has 0 spiro atoms. The van der Waals surface area contributed by atoms with Crippen LogP contribution in [0.5, 0.6) is 0 Å². The van der Waals surface area contributed by atoms with Crippen LogP contribution in [0.3, 0.4) is 0 Å². The summed E-state index contributed by atoms with van der Waals surface area (Å²) in [6, 6.07) is 167. The molecule has 0 aliphatic carbocycles. The van der Waals surface area contributed by atoms with Crippen LogP contribution in [0.4, 0.5) is 0 Å². The van der Waals surface area contributed by atoms with Crippen LogP contribution in [0, 0.1) is 0 Å². The first-order valence-electron chi connectivity index (χ1n) is 42.0. The van der Waals surface area contributed by atoms with Gasteiger partial charge in [0.2, 0.25) is 0 Å². The number of hydrogen-bond donors (Lipinski definition) is 0. The topological polar surface area (TPSA) is 26.3 Å². The zero-order chi connectivity index (χ0) is 80.6. The van der Waals surface area contributed by atoms with Gasteiger partial charge < -0.3 is 8.83 Å². The van der Waals surface area contributed by atoms with Crippen molar-refractivity contribution in [2.45, 2.75) is 0 Å². The lowest BCUT2D eigenvalue weighted by Crippen LogP contribution is -1.88. The number of hydrogen-bond acceptors (Lipinski definition) is 2. The molecule has 0 N–H and O–H groups in total. The lowest BCUT2D eigenvalue weighted by Gasteiger charge is -2.14. The van der Waals surface area contributed by atoms with E-state index in [0.29, 0.717) is 0 Å². The molecular formula is C120H76O2. The van der Waals surface area contributed by atoms with Crippen LogP contribution < -0.4 is 0 Å². The summed E-state index contributed by atoms with van der Waals surface area (Å²) >= 11 is 0. The summed E-state index contributed by atoms with van der Waals surface area (Å²) in [5.41, 5.74) is 31.8. The Labute approximate surface area is 707 Å². The summed E-state index contributed by atoms with van der Waals surface area (Å²) in [5, 5.41) is 19.5. The van der Waals surface area contributed by atoms with Crippen molar-refractivity contribution in [2.75, 3.05) is 0 Å². The first-order chi connectivity index (χ1) is 60.5. The van der Waals surface area contributed by atoms with Crippen LogP contribution >= 0.6 is 0 Å². The standard InChI is InChI=1S/C64H40O.C56H36O/c1-4-16-52-43(11-1)14-9-21-54(52)45-27-23-41(24-28-45)49-35-36-63-61(37-49)62-40-51(42-25-29-46(30-26-42)55-22-10-15-44-12-2-5-17-53(44)55)39-60(64(62)65-63)48-33-31-47(32-34-48)59-38-50-13-3-6-18-56(50)57-19-7-8-20-58(57)59;1-3-15-37(16-4-1)44-20-9-11-22-46(44)42-31-32-55-53(34-42)54-36-43(48-24-12-10-21-45(48)38-17-5-2-6-18-38)35-52(56(54)57-55)40-29-27-39(28-30-40)51-33-41-19-7-8-23-47(41)49-25-13-14-26-50(49)51/h1-40H;1-36H. The lowest BCUT2D eigenvalue weighted by molar-refractivity contribution is 0.669. The van der Waals surface area contributed by atoms with Gasteiger partial charge in [-0.25, -0.2) is 0 Å². The molecule has 2 heteroatoms. The van der Waals surface area contributed by atoms with Crippen molar-refractivity contribution in [2.24, 2.45) is 0 Å². The number of rotatable bonds is 12. The van der Waals surface area contributed by atoms with Crippen LogP contribution in [0.2, 0.25) is 0 Å². The maximum Gasteiger partial charge on any atom is 0.143 e. The molecule has 0 atom stereocenters. The fourth-order valence-corrected chi connectivity index (χ4v) is 18.9. The molecule has 2 aromatic heterocycles. The van der Waals surface area contributed by atoms with Gasteiger partial charge in [-0.1, -0.05) is 400 Å². The Morgan fingerprint density at radius 2 is 0.377 bits per heavy atom. The Balaban J connectivity index is 0.000000143. The minimum atomic E-state index is 0.875. The van der Waals surface area contributed by atoms with E-state index in [2.05, 4.69) is 461 Å². The zero-order valence-corrected chi connectivity index (χ0v) is 66.7. The molecule has 568 valence electrons.